The summed E-state index contributed by atoms with van der Waals surface area (Å²) in [5.74, 6) is -0.888. The van der Waals surface area contributed by atoms with Crippen molar-refractivity contribution in [2.45, 2.75) is 6.04 Å². The van der Waals surface area contributed by atoms with E-state index in [0.717, 1.165) is 14.8 Å². The maximum Gasteiger partial charge on any atom is 0.330 e. The smallest absolute Gasteiger partial charge is 0.330 e. The van der Waals surface area contributed by atoms with Gasteiger partial charge in [0.15, 0.2) is 6.04 Å². The number of rotatable bonds is 4. The third kappa shape index (κ3) is 3.01. The lowest BCUT2D eigenvalue weighted by Gasteiger charge is -2.17. The molecule has 0 aliphatic heterocycles. The lowest BCUT2D eigenvalue weighted by atomic mass is 10.1. The van der Waals surface area contributed by atoms with Gasteiger partial charge in [-0.2, -0.15) is 0 Å². The van der Waals surface area contributed by atoms with Gasteiger partial charge in [-0.15, -0.1) is 0 Å². The minimum Gasteiger partial charge on any atom is -0.479 e. The maximum absolute atomic E-state index is 11.4. The van der Waals surface area contributed by atoms with Crippen LogP contribution in [-0.2, 0) is 4.79 Å². The molecule has 0 radical (unpaired) electrons. The van der Waals surface area contributed by atoms with Crippen LogP contribution in [0.4, 0.5) is 5.69 Å². The largest absolute Gasteiger partial charge is 0.479 e. The highest BCUT2D eigenvalue weighted by atomic mass is 127. The molecule has 1 atom stereocenters. The van der Waals surface area contributed by atoms with Gasteiger partial charge in [0, 0.05) is 9.26 Å². The van der Waals surface area contributed by atoms with Gasteiger partial charge in [-0.05, 0) is 40.3 Å². The Morgan fingerprint density at radius 2 is 1.67 bits per heavy atom. The monoisotopic (exact) mass is 353 g/mol. The second-order valence-corrected chi connectivity index (χ2v) is 4.97. The van der Waals surface area contributed by atoms with Crippen LogP contribution in [-0.4, -0.2) is 11.1 Å². The Bertz CT molecular complexity index is 543. The van der Waals surface area contributed by atoms with Crippen LogP contribution in [0.2, 0.25) is 0 Å². The number of anilines is 1. The fourth-order valence-corrected chi connectivity index (χ4v) is 2.21. The second-order valence-electron chi connectivity index (χ2n) is 3.81. The Labute approximate surface area is 119 Å². The maximum atomic E-state index is 11.4. The van der Waals surface area contributed by atoms with Crippen LogP contribution in [0.15, 0.2) is 54.6 Å². The number of carboxylic acid groups (broad SMARTS) is 1. The Balaban J connectivity index is 2.28. The SMILES string of the molecule is O=C(O)C(Nc1ccccc1I)c1ccccc1. The van der Waals surface area contributed by atoms with E-state index in [1.807, 2.05) is 54.6 Å². The number of para-hydroxylation sites is 1. The lowest BCUT2D eigenvalue weighted by Crippen LogP contribution is -2.20. The molecule has 0 aliphatic rings. The normalized spacial score (nSPS) is 11.8. The quantitative estimate of drug-likeness (QED) is 0.827. The molecule has 1 unspecified atom stereocenters. The summed E-state index contributed by atoms with van der Waals surface area (Å²) in [4.78, 5) is 11.4. The van der Waals surface area contributed by atoms with Gasteiger partial charge in [0.1, 0.15) is 0 Å². The van der Waals surface area contributed by atoms with Gasteiger partial charge < -0.3 is 10.4 Å². The van der Waals surface area contributed by atoms with E-state index < -0.39 is 12.0 Å². The van der Waals surface area contributed by atoms with Crippen LogP contribution in [0.1, 0.15) is 11.6 Å². The first-order valence-electron chi connectivity index (χ1n) is 5.47. The number of benzene rings is 2. The van der Waals surface area contributed by atoms with Gasteiger partial charge >= 0.3 is 5.97 Å². The Morgan fingerprint density at radius 1 is 1.06 bits per heavy atom. The summed E-state index contributed by atoms with van der Waals surface area (Å²) in [6, 6.07) is 16.0. The van der Waals surface area contributed by atoms with Crippen LogP contribution < -0.4 is 5.32 Å². The van der Waals surface area contributed by atoms with Gasteiger partial charge in [0.05, 0.1) is 0 Å². The van der Waals surface area contributed by atoms with Gasteiger partial charge in [-0.1, -0.05) is 42.5 Å². The standard InChI is InChI=1S/C14H12INO2/c15-11-8-4-5-9-12(11)16-13(14(17)18)10-6-2-1-3-7-10/h1-9,13,16H,(H,17,18). The highest BCUT2D eigenvalue weighted by Gasteiger charge is 2.19. The fourth-order valence-electron chi connectivity index (χ4n) is 1.67. The predicted octanol–water partition coefficient (Wildman–Crippen LogP) is 3.53. The van der Waals surface area contributed by atoms with E-state index in [-0.39, 0.29) is 0 Å². The topological polar surface area (TPSA) is 49.3 Å². The van der Waals surface area contributed by atoms with Crippen molar-refractivity contribution in [1.82, 2.24) is 0 Å². The highest BCUT2D eigenvalue weighted by molar-refractivity contribution is 14.1. The number of nitrogens with one attached hydrogen (secondary N) is 1. The van der Waals surface area contributed by atoms with Crippen molar-refractivity contribution in [1.29, 1.82) is 0 Å². The molecule has 2 aromatic carbocycles. The van der Waals surface area contributed by atoms with Gasteiger partial charge in [0.25, 0.3) is 0 Å². The lowest BCUT2D eigenvalue weighted by molar-refractivity contribution is -0.138. The van der Waals surface area contributed by atoms with E-state index >= 15 is 0 Å². The first-order valence-corrected chi connectivity index (χ1v) is 6.55. The second kappa shape index (κ2) is 5.86. The van der Waals surface area contributed by atoms with Crippen LogP contribution in [0.5, 0.6) is 0 Å². The first-order chi connectivity index (χ1) is 8.68. The summed E-state index contributed by atoms with van der Waals surface area (Å²) in [6.45, 7) is 0. The molecule has 2 aromatic rings. The Hall–Kier alpha value is -1.56. The minimum absolute atomic E-state index is 0.734. The number of carboxylic acids is 1. The molecule has 18 heavy (non-hydrogen) atoms. The van der Waals surface area contributed by atoms with E-state index in [2.05, 4.69) is 27.9 Å². The highest BCUT2D eigenvalue weighted by Crippen LogP contribution is 2.23. The average molecular weight is 353 g/mol. The molecule has 2 rings (SSSR count). The fraction of sp³-hybridized carbons (Fsp3) is 0.0714. The van der Waals surface area contributed by atoms with E-state index in [0.29, 0.717) is 0 Å². The number of hydrogen-bond acceptors (Lipinski definition) is 2. The van der Waals surface area contributed by atoms with E-state index in [1.165, 1.54) is 0 Å². The molecule has 0 amide bonds. The number of carbonyl (C=O) groups is 1. The molecule has 0 saturated carbocycles. The van der Waals surface area contributed by atoms with Crippen molar-refractivity contribution in [2.24, 2.45) is 0 Å². The first kappa shape index (κ1) is 12.9. The summed E-state index contributed by atoms with van der Waals surface area (Å²) >= 11 is 2.18. The molecule has 0 aromatic heterocycles. The molecule has 0 fully saturated rings. The van der Waals surface area contributed by atoms with Gasteiger partial charge in [-0.25, -0.2) is 4.79 Å². The van der Waals surface area contributed by atoms with Crippen LogP contribution in [0, 0.1) is 3.57 Å². The van der Waals surface area contributed by atoms with Crippen LogP contribution in [0.25, 0.3) is 0 Å². The van der Waals surface area contributed by atoms with Crippen molar-refractivity contribution < 1.29 is 9.90 Å². The predicted molar refractivity (Wildman–Crippen MR) is 79.6 cm³/mol. The molecule has 92 valence electrons. The molecule has 3 nitrogen and oxygen atoms in total. The van der Waals surface area contributed by atoms with Crippen LogP contribution >= 0.6 is 22.6 Å². The average Bonchev–Trinajstić information content (AvgIpc) is 2.38. The summed E-state index contributed by atoms with van der Waals surface area (Å²) in [5.41, 5.74) is 1.57. The third-order valence-corrected chi connectivity index (χ3v) is 3.49. The molecule has 0 spiro atoms. The molecule has 2 N–H and O–H groups in total. The van der Waals surface area contributed by atoms with E-state index in [9.17, 15) is 9.90 Å². The molecule has 0 bridgehead atoms. The van der Waals surface area contributed by atoms with E-state index in [1.54, 1.807) is 0 Å². The minimum atomic E-state index is -0.888. The summed E-state index contributed by atoms with van der Waals surface area (Å²) in [5, 5.41) is 12.4. The molecule has 4 heteroatoms. The number of aliphatic carboxylic acids is 1. The third-order valence-electron chi connectivity index (χ3n) is 2.55. The zero-order chi connectivity index (χ0) is 13.0. The van der Waals surface area contributed by atoms with Crippen molar-refractivity contribution >= 4 is 34.2 Å². The number of hydrogen-bond donors (Lipinski definition) is 2. The molecule has 0 saturated heterocycles. The van der Waals surface area contributed by atoms with Crippen molar-refractivity contribution in [3.05, 3.63) is 63.7 Å². The van der Waals surface area contributed by atoms with Crippen LogP contribution in [0.3, 0.4) is 0 Å². The van der Waals surface area contributed by atoms with Crippen molar-refractivity contribution in [3.63, 3.8) is 0 Å². The number of halogens is 1. The molecular formula is C14H12INO2. The van der Waals surface area contributed by atoms with Crippen molar-refractivity contribution in [2.75, 3.05) is 5.32 Å². The summed E-state index contributed by atoms with van der Waals surface area (Å²) < 4.78 is 0.997. The molecular weight excluding hydrogens is 341 g/mol. The van der Waals surface area contributed by atoms with Gasteiger partial charge in [-0.3, -0.25) is 0 Å². The summed E-state index contributed by atoms with van der Waals surface area (Å²) in [7, 11) is 0. The Kier molecular flexibility index (Phi) is 4.19. The van der Waals surface area contributed by atoms with E-state index in [4.69, 9.17) is 0 Å². The molecule has 0 aliphatic carbocycles. The zero-order valence-electron chi connectivity index (χ0n) is 9.51. The summed E-state index contributed by atoms with van der Waals surface area (Å²) in [6.07, 6.45) is 0. The van der Waals surface area contributed by atoms with Crippen molar-refractivity contribution in [3.8, 4) is 0 Å². The molecule has 0 heterocycles. The zero-order valence-corrected chi connectivity index (χ0v) is 11.7. The Morgan fingerprint density at radius 3 is 2.28 bits per heavy atom. The van der Waals surface area contributed by atoms with Gasteiger partial charge in [0.2, 0.25) is 0 Å².